The van der Waals surface area contributed by atoms with E-state index in [9.17, 15) is 10.1 Å². The lowest BCUT2D eigenvalue weighted by Crippen LogP contribution is -2.12. The van der Waals surface area contributed by atoms with Crippen molar-refractivity contribution in [3.05, 3.63) is 68.4 Å². The van der Waals surface area contributed by atoms with E-state index in [1.807, 2.05) is 54.8 Å². The number of benzene rings is 2. The van der Waals surface area contributed by atoms with E-state index in [-0.39, 0.29) is 11.5 Å². The van der Waals surface area contributed by atoms with E-state index in [2.05, 4.69) is 26.1 Å². The maximum atomic E-state index is 11.4. The first-order valence-corrected chi connectivity index (χ1v) is 10.9. The molecule has 2 aromatic carbocycles. The molecule has 3 aromatic rings. The largest absolute Gasteiger partial charge is 0.496 e. The van der Waals surface area contributed by atoms with Crippen molar-refractivity contribution in [2.45, 2.75) is 24.3 Å². The summed E-state index contributed by atoms with van der Waals surface area (Å²) < 4.78 is 13.6. The summed E-state index contributed by atoms with van der Waals surface area (Å²) in [5.74, 6) is 2.04. The first kappa shape index (κ1) is 22.1. The van der Waals surface area contributed by atoms with Crippen LogP contribution in [0.2, 0.25) is 0 Å². The van der Waals surface area contributed by atoms with Crippen LogP contribution >= 0.6 is 27.7 Å². The Labute approximate surface area is 186 Å². The molecule has 10 heteroatoms. The third kappa shape index (κ3) is 5.11. The Morgan fingerprint density at radius 1 is 1.23 bits per heavy atom. The summed E-state index contributed by atoms with van der Waals surface area (Å²) in [6.45, 7) is 4.07. The van der Waals surface area contributed by atoms with Crippen molar-refractivity contribution in [1.82, 2.24) is 14.8 Å². The molecule has 0 radical (unpaired) electrons. The van der Waals surface area contributed by atoms with Crippen molar-refractivity contribution < 1.29 is 14.4 Å². The summed E-state index contributed by atoms with van der Waals surface area (Å²) in [4.78, 5) is 11.1. The number of rotatable bonds is 9. The van der Waals surface area contributed by atoms with Crippen LogP contribution in [0.1, 0.15) is 23.6 Å². The maximum Gasteiger partial charge on any atom is 0.220 e. The van der Waals surface area contributed by atoms with Gasteiger partial charge in [-0.05, 0) is 56.3 Å². The highest BCUT2D eigenvalue weighted by atomic mass is 79.9. The van der Waals surface area contributed by atoms with Crippen LogP contribution in [-0.4, -0.2) is 39.9 Å². The summed E-state index contributed by atoms with van der Waals surface area (Å²) >= 11 is 4.72. The molecule has 0 aliphatic rings. The molecule has 3 rings (SSSR count). The van der Waals surface area contributed by atoms with Gasteiger partial charge < -0.3 is 9.47 Å². The average molecular weight is 493 g/mol. The van der Waals surface area contributed by atoms with E-state index in [1.165, 1.54) is 11.8 Å². The van der Waals surface area contributed by atoms with E-state index in [0.29, 0.717) is 28.9 Å². The number of hydrogen-bond donors (Lipinski definition) is 0. The van der Waals surface area contributed by atoms with Gasteiger partial charge in [0.15, 0.2) is 5.16 Å². The first-order valence-electron chi connectivity index (χ1n) is 9.20. The van der Waals surface area contributed by atoms with Crippen molar-refractivity contribution in [2.24, 2.45) is 0 Å². The van der Waals surface area contributed by atoms with Gasteiger partial charge in [0.25, 0.3) is 0 Å². The fourth-order valence-electron chi connectivity index (χ4n) is 2.99. The quantitative estimate of drug-likeness (QED) is 0.239. The zero-order chi connectivity index (χ0) is 21.7. The van der Waals surface area contributed by atoms with Gasteiger partial charge in [0, 0.05) is 20.6 Å². The van der Waals surface area contributed by atoms with Gasteiger partial charge in [-0.25, -0.2) is 0 Å². The van der Waals surface area contributed by atoms with E-state index < -0.39 is 5.25 Å². The number of aromatic nitrogens is 3. The lowest BCUT2D eigenvalue weighted by Gasteiger charge is -2.17. The van der Waals surface area contributed by atoms with Gasteiger partial charge in [-0.3, -0.25) is 14.7 Å². The second-order valence-corrected chi connectivity index (χ2v) is 8.39. The van der Waals surface area contributed by atoms with Gasteiger partial charge in [0.2, 0.25) is 6.54 Å². The van der Waals surface area contributed by atoms with Gasteiger partial charge in [-0.1, -0.05) is 27.7 Å². The first-order chi connectivity index (χ1) is 14.4. The Hall–Kier alpha value is -2.59. The molecule has 0 fully saturated rings. The van der Waals surface area contributed by atoms with Crippen LogP contribution in [0, 0.1) is 17.0 Å². The third-order valence-corrected chi connectivity index (χ3v) is 5.96. The average Bonchev–Trinajstić information content (AvgIpc) is 3.08. The highest BCUT2D eigenvalue weighted by Crippen LogP contribution is 2.41. The molecular formula is C20H21BrN4O4S. The van der Waals surface area contributed by atoms with Crippen molar-refractivity contribution >= 4 is 27.7 Å². The number of aryl methyl sites for hydroxylation is 1. The molecule has 1 atom stereocenters. The molecular weight excluding hydrogens is 472 g/mol. The van der Waals surface area contributed by atoms with E-state index in [1.54, 1.807) is 13.2 Å². The van der Waals surface area contributed by atoms with Crippen molar-refractivity contribution in [3.63, 3.8) is 0 Å². The highest BCUT2D eigenvalue weighted by molar-refractivity contribution is 9.10. The van der Waals surface area contributed by atoms with Gasteiger partial charge in [0.05, 0.1) is 13.7 Å². The van der Waals surface area contributed by atoms with Crippen LogP contribution in [0.3, 0.4) is 0 Å². The van der Waals surface area contributed by atoms with Gasteiger partial charge in [0.1, 0.15) is 22.6 Å². The molecule has 0 saturated heterocycles. The predicted molar refractivity (Wildman–Crippen MR) is 118 cm³/mol. The second kappa shape index (κ2) is 9.94. The smallest absolute Gasteiger partial charge is 0.220 e. The molecule has 1 aromatic heterocycles. The minimum Gasteiger partial charge on any atom is -0.496 e. The van der Waals surface area contributed by atoms with Gasteiger partial charge in [-0.2, -0.15) is 0 Å². The van der Waals surface area contributed by atoms with Crippen LogP contribution in [-0.2, 0) is 0 Å². The topological polar surface area (TPSA) is 92.3 Å². The number of methoxy groups -OCH3 is 1. The third-order valence-electron chi connectivity index (χ3n) is 4.30. The van der Waals surface area contributed by atoms with E-state index in [4.69, 9.17) is 9.47 Å². The summed E-state index contributed by atoms with van der Waals surface area (Å²) in [7, 11) is 1.55. The molecule has 0 aliphatic heterocycles. The lowest BCUT2D eigenvalue weighted by molar-refractivity contribution is -0.479. The molecule has 1 heterocycles. The molecule has 0 spiro atoms. The molecule has 0 aliphatic carbocycles. The molecule has 0 bridgehead atoms. The monoisotopic (exact) mass is 492 g/mol. The van der Waals surface area contributed by atoms with Gasteiger partial charge in [-0.15, -0.1) is 10.2 Å². The predicted octanol–water partition coefficient (Wildman–Crippen LogP) is 4.86. The van der Waals surface area contributed by atoms with E-state index >= 15 is 0 Å². The van der Waals surface area contributed by atoms with Crippen LogP contribution < -0.4 is 9.47 Å². The Kier molecular flexibility index (Phi) is 7.33. The highest BCUT2D eigenvalue weighted by Gasteiger charge is 2.26. The number of thioether (sulfide) groups is 1. The Balaban J connectivity index is 1.98. The summed E-state index contributed by atoms with van der Waals surface area (Å²) in [5.41, 5.74) is 1.57. The number of ether oxygens (including phenoxy) is 2. The molecule has 8 nitrogen and oxygen atoms in total. The van der Waals surface area contributed by atoms with Crippen LogP contribution in [0.15, 0.2) is 52.1 Å². The molecule has 0 N–H and O–H groups in total. The molecule has 158 valence electrons. The maximum absolute atomic E-state index is 11.4. The SMILES string of the molecule is CCOc1ccc(-n2c(C)nnc2S[C@H](C[N+](=O)[O-])c2cc(Br)ccc2OC)cc1. The van der Waals surface area contributed by atoms with Crippen molar-refractivity contribution in [1.29, 1.82) is 0 Å². The van der Waals surface area contributed by atoms with Crippen molar-refractivity contribution in [2.75, 3.05) is 20.3 Å². The summed E-state index contributed by atoms with van der Waals surface area (Å²) in [6, 6.07) is 13.0. The fourth-order valence-corrected chi connectivity index (χ4v) is 4.56. The van der Waals surface area contributed by atoms with Gasteiger partial charge >= 0.3 is 0 Å². The number of nitro groups is 1. The number of hydrogen-bond acceptors (Lipinski definition) is 7. The lowest BCUT2D eigenvalue weighted by atomic mass is 10.1. The minimum absolute atomic E-state index is 0.285. The summed E-state index contributed by atoms with van der Waals surface area (Å²) in [6.07, 6.45) is 0. The zero-order valence-electron chi connectivity index (χ0n) is 16.7. The Morgan fingerprint density at radius 2 is 1.97 bits per heavy atom. The molecule has 0 saturated carbocycles. The fraction of sp³-hybridized carbons (Fsp3) is 0.300. The minimum atomic E-state index is -0.516. The molecule has 0 amide bonds. The van der Waals surface area contributed by atoms with Crippen LogP contribution in [0.25, 0.3) is 5.69 Å². The summed E-state index contributed by atoms with van der Waals surface area (Å²) in [5, 5.41) is 19.9. The standard InChI is InChI=1S/C20H21BrN4O4S/c1-4-29-16-8-6-15(7-9-16)25-13(2)22-23-20(25)30-19(12-24(26)27)17-11-14(21)5-10-18(17)28-3/h5-11,19H,4,12H2,1-3H3/t19-/m1/s1. The van der Waals surface area contributed by atoms with E-state index in [0.717, 1.165) is 15.9 Å². The zero-order valence-corrected chi connectivity index (χ0v) is 19.1. The Bertz CT molecular complexity index is 1030. The van der Waals surface area contributed by atoms with Crippen LogP contribution in [0.5, 0.6) is 11.5 Å². The van der Waals surface area contributed by atoms with Crippen LogP contribution in [0.4, 0.5) is 0 Å². The molecule has 30 heavy (non-hydrogen) atoms. The number of nitrogens with zero attached hydrogens (tertiary/aromatic N) is 4. The van der Waals surface area contributed by atoms with Crippen molar-refractivity contribution in [3.8, 4) is 17.2 Å². The Morgan fingerprint density at radius 3 is 2.60 bits per heavy atom. The molecule has 0 unspecified atom stereocenters. The normalized spacial score (nSPS) is 11.9. The number of halogens is 1. The second-order valence-electron chi connectivity index (χ2n) is 6.30.